The molecule has 0 amide bonds. The third-order valence-electron chi connectivity index (χ3n) is 2.76. The lowest BCUT2D eigenvalue weighted by Gasteiger charge is -2.16. The van der Waals surface area contributed by atoms with Gasteiger partial charge in [-0.3, -0.25) is 0 Å². The molecule has 20 heavy (non-hydrogen) atoms. The fourth-order valence-corrected chi connectivity index (χ4v) is 2.66. The summed E-state index contributed by atoms with van der Waals surface area (Å²) < 4.78 is 5.50. The summed E-state index contributed by atoms with van der Waals surface area (Å²) in [4.78, 5) is 9.59. The lowest BCUT2D eigenvalue weighted by Crippen LogP contribution is -2.20. The Hall–Kier alpha value is -1.82. The van der Waals surface area contributed by atoms with E-state index >= 15 is 0 Å². The Labute approximate surface area is 123 Å². The number of rotatable bonds is 7. The molecule has 1 unspecified atom stereocenters. The van der Waals surface area contributed by atoms with Gasteiger partial charge in [-0.2, -0.15) is 4.98 Å². The average molecular weight is 292 g/mol. The first-order valence-electron chi connectivity index (χ1n) is 6.73. The van der Waals surface area contributed by atoms with E-state index in [0.29, 0.717) is 24.0 Å². The summed E-state index contributed by atoms with van der Waals surface area (Å²) in [5.41, 5.74) is 6.51. The van der Waals surface area contributed by atoms with Gasteiger partial charge in [0.2, 0.25) is 5.88 Å². The zero-order valence-electron chi connectivity index (χ0n) is 11.8. The molecule has 0 aliphatic carbocycles. The molecule has 0 aliphatic rings. The molecule has 5 nitrogen and oxygen atoms in total. The summed E-state index contributed by atoms with van der Waals surface area (Å²) in [6.45, 7) is 4.75. The van der Waals surface area contributed by atoms with Crippen LogP contribution in [0.15, 0.2) is 23.8 Å². The van der Waals surface area contributed by atoms with Gasteiger partial charge in [-0.15, -0.1) is 11.3 Å². The number of ether oxygens (including phenoxy) is 1. The summed E-state index contributed by atoms with van der Waals surface area (Å²) in [5, 5.41) is 5.40. The molecule has 0 spiro atoms. The topological polar surface area (TPSA) is 73.1 Å². The second-order valence-electron chi connectivity index (χ2n) is 4.62. The van der Waals surface area contributed by atoms with Crippen LogP contribution in [0.5, 0.6) is 5.88 Å². The van der Waals surface area contributed by atoms with Crippen LogP contribution in [0.25, 0.3) is 0 Å². The molecule has 0 aromatic carbocycles. The van der Waals surface area contributed by atoms with Crippen LogP contribution >= 0.6 is 11.3 Å². The molecular formula is C14H20N4OS. The molecule has 0 radical (unpaired) electrons. The van der Waals surface area contributed by atoms with Crippen molar-refractivity contribution >= 4 is 22.8 Å². The number of aromatic nitrogens is 2. The van der Waals surface area contributed by atoms with Gasteiger partial charge in [-0.1, -0.05) is 13.0 Å². The number of hydrogen-bond acceptors (Lipinski definition) is 6. The molecule has 0 saturated heterocycles. The molecule has 2 heterocycles. The zero-order chi connectivity index (χ0) is 14.4. The van der Waals surface area contributed by atoms with Gasteiger partial charge >= 0.3 is 0 Å². The molecule has 0 aliphatic heterocycles. The van der Waals surface area contributed by atoms with Gasteiger partial charge in [0.1, 0.15) is 12.0 Å². The van der Waals surface area contributed by atoms with Gasteiger partial charge < -0.3 is 15.8 Å². The summed E-state index contributed by atoms with van der Waals surface area (Å²) in [6, 6.07) is 4.43. The number of nitrogens with zero attached hydrogens (tertiary/aromatic N) is 2. The molecule has 1 atom stereocenters. The summed E-state index contributed by atoms with van der Waals surface area (Å²) >= 11 is 1.75. The highest BCUT2D eigenvalue weighted by Crippen LogP contribution is 2.25. The van der Waals surface area contributed by atoms with E-state index in [2.05, 4.69) is 39.7 Å². The Morgan fingerprint density at radius 2 is 2.30 bits per heavy atom. The number of nitrogens with two attached hydrogens (primary N) is 1. The van der Waals surface area contributed by atoms with Gasteiger partial charge in [0.25, 0.3) is 0 Å². The molecule has 108 valence electrons. The van der Waals surface area contributed by atoms with Crippen molar-refractivity contribution in [3.63, 3.8) is 0 Å². The normalized spacial score (nSPS) is 12.1. The number of hydrogen-bond donors (Lipinski definition) is 2. The number of anilines is 2. The maximum atomic E-state index is 6.04. The van der Waals surface area contributed by atoms with Gasteiger partial charge in [-0.25, -0.2) is 4.98 Å². The molecule has 2 aromatic rings. The third-order valence-corrected chi connectivity index (χ3v) is 3.66. The predicted molar refractivity (Wildman–Crippen MR) is 83.3 cm³/mol. The zero-order valence-corrected chi connectivity index (χ0v) is 12.6. The molecule has 2 rings (SSSR count). The van der Waals surface area contributed by atoms with E-state index in [0.717, 1.165) is 12.8 Å². The van der Waals surface area contributed by atoms with E-state index in [-0.39, 0.29) is 6.04 Å². The SMILES string of the molecule is CCCOc1ncnc(NC(C)Cc2cccs2)c1N. The molecule has 0 saturated carbocycles. The van der Waals surface area contributed by atoms with E-state index in [4.69, 9.17) is 10.5 Å². The molecule has 0 fully saturated rings. The lowest BCUT2D eigenvalue weighted by molar-refractivity contribution is 0.306. The largest absolute Gasteiger partial charge is 0.476 e. The summed E-state index contributed by atoms with van der Waals surface area (Å²) in [6.07, 6.45) is 3.33. The first kappa shape index (κ1) is 14.6. The maximum absolute atomic E-state index is 6.04. The van der Waals surface area contributed by atoms with Crippen LogP contribution < -0.4 is 15.8 Å². The molecule has 2 aromatic heterocycles. The van der Waals surface area contributed by atoms with Gasteiger partial charge in [0, 0.05) is 17.3 Å². The number of nitrogen functional groups attached to an aromatic ring is 1. The van der Waals surface area contributed by atoms with Crippen LogP contribution in [0, 0.1) is 0 Å². The van der Waals surface area contributed by atoms with Crippen molar-refractivity contribution in [1.82, 2.24) is 9.97 Å². The highest BCUT2D eigenvalue weighted by atomic mass is 32.1. The molecular weight excluding hydrogens is 272 g/mol. The summed E-state index contributed by atoms with van der Waals surface area (Å²) in [5.74, 6) is 1.09. The van der Waals surface area contributed by atoms with E-state index in [1.54, 1.807) is 11.3 Å². The quantitative estimate of drug-likeness (QED) is 0.821. The van der Waals surface area contributed by atoms with Gasteiger partial charge in [0.15, 0.2) is 5.82 Å². The van der Waals surface area contributed by atoms with Crippen LogP contribution in [0.4, 0.5) is 11.5 Å². The first-order valence-corrected chi connectivity index (χ1v) is 7.60. The summed E-state index contributed by atoms with van der Waals surface area (Å²) in [7, 11) is 0. The van der Waals surface area contributed by atoms with Crippen LogP contribution in [-0.4, -0.2) is 22.6 Å². The molecule has 0 bridgehead atoms. The minimum atomic E-state index is 0.241. The van der Waals surface area contributed by atoms with E-state index in [9.17, 15) is 0 Å². The Morgan fingerprint density at radius 1 is 1.45 bits per heavy atom. The van der Waals surface area contributed by atoms with Crippen molar-refractivity contribution < 1.29 is 4.74 Å². The lowest BCUT2D eigenvalue weighted by atomic mass is 10.2. The Morgan fingerprint density at radius 3 is 3.00 bits per heavy atom. The molecule has 6 heteroatoms. The average Bonchev–Trinajstić information content (AvgIpc) is 2.92. The third kappa shape index (κ3) is 3.84. The van der Waals surface area contributed by atoms with Crippen LogP contribution in [0.2, 0.25) is 0 Å². The van der Waals surface area contributed by atoms with E-state index < -0.39 is 0 Å². The molecule has 3 N–H and O–H groups in total. The monoisotopic (exact) mass is 292 g/mol. The standard InChI is InChI=1S/C14H20N4OS/c1-3-6-19-14-12(15)13(16-9-17-14)18-10(2)8-11-5-4-7-20-11/h4-5,7,9-10H,3,6,8,15H2,1-2H3,(H,16,17,18). The van der Waals surface area contributed by atoms with Crippen molar-refractivity contribution in [2.45, 2.75) is 32.7 Å². The highest BCUT2D eigenvalue weighted by molar-refractivity contribution is 7.09. The van der Waals surface area contributed by atoms with Crippen molar-refractivity contribution in [3.8, 4) is 5.88 Å². The van der Waals surface area contributed by atoms with Gasteiger partial charge in [-0.05, 0) is 24.8 Å². The fraction of sp³-hybridized carbons (Fsp3) is 0.429. The van der Waals surface area contributed by atoms with E-state index in [1.165, 1.54) is 11.2 Å². The van der Waals surface area contributed by atoms with Crippen molar-refractivity contribution in [2.24, 2.45) is 0 Å². The Balaban J connectivity index is 2.01. The fourth-order valence-electron chi connectivity index (χ4n) is 1.82. The number of nitrogens with one attached hydrogen (secondary N) is 1. The smallest absolute Gasteiger partial charge is 0.242 e. The maximum Gasteiger partial charge on any atom is 0.242 e. The Bertz CT molecular complexity index is 530. The Kier molecular flexibility index (Phi) is 5.17. The minimum absolute atomic E-state index is 0.241. The van der Waals surface area contributed by atoms with Crippen molar-refractivity contribution in [3.05, 3.63) is 28.7 Å². The van der Waals surface area contributed by atoms with E-state index in [1.807, 2.05) is 6.92 Å². The van der Waals surface area contributed by atoms with Crippen molar-refractivity contribution in [2.75, 3.05) is 17.7 Å². The minimum Gasteiger partial charge on any atom is -0.476 e. The van der Waals surface area contributed by atoms with Crippen LogP contribution in [0.1, 0.15) is 25.1 Å². The number of thiophene rings is 1. The highest BCUT2D eigenvalue weighted by Gasteiger charge is 2.12. The van der Waals surface area contributed by atoms with Crippen molar-refractivity contribution in [1.29, 1.82) is 0 Å². The van der Waals surface area contributed by atoms with Crippen LogP contribution in [0.3, 0.4) is 0 Å². The second kappa shape index (κ2) is 7.09. The second-order valence-corrected chi connectivity index (χ2v) is 5.65. The predicted octanol–water partition coefficient (Wildman–Crippen LogP) is 2.95. The van der Waals surface area contributed by atoms with Crippen LogP contribution in [-0.2, 0) is 6.42 Å². The van der Waals surface area contributed by atoms with Gasteiger partial charge in [0.05, 0.1) is 6.61 Å². The first-order chi connectivity index (χ1) is 9.70.